The van der Waals surface area contributed by atoms with Crippen molar-refractivity contribution in [2.24, 2.45) is 5.10 Å². The highest BCUT2D eigenvalue weighted by molar-refractivity contribution is 7.92. The number of para-hydroxylation sites is 1. The van der Waals surface area contributed by atoms with Gasteiger partial charge in [-0.2, -0.15) is 5.10 Å². The number of amides is 1. The first-order chi connectivity index (χ1) is 13.2. The van der Waals surface area contributed by atoms with Crippen LogP contribution in [0.15, 0.2) is 46.9 Å². The Morgan fingerprint density at radius 2 is 2.00 bits per heavy atom. The molecule has 1 atom stereocenters. The van der Waals surface area contributed by atoms with E-state index in [9.17, 15) is 18.0 Å². The lowest BCUT2D eigenvalue weighted by atomic mass is 10.0. The molecule has 1 aliphatic rings. The Labute approximate surface area is 166 Å². The van der Waals surface area contributed by atoms with E-state index < -0.39 is 16.0 Å². The van der Waals surface area contributed by atoms with E-state index in [4.69, 9.17) is 5.11 Å². The van der Waals surface area contributed by atoms with E-state index in [0.29, 0.717) is 23.4 Å². The molecular formula is C18H19N3O5S2. The molecule has 28 heavy (non-hydrogen) atoms. The van der Waals surface area contributed by atoms with Gasteiger partial charge in [-0.1, -0.05) is 24.3 Å². The Bertz CT molecular complexity index is 1020. The number of carbonyl (C=O) groups is 2. The largest absolute Gasteiger partial charge is 0.481 e. The van der Waals surface area contributed by atoms with Gasteiger partial charge in [0.25, 0.3) is 0 Å². The van der Waals surface area contributed by atoms with Gasteiger partial charge in [-0.05, 0) is 17.5 Å². The van der Waals surface area contributed by atoms with Crippen molar-refractivity contribution < 1.29 is 23.1 Å². The van der Waals surface area contributed by atoms with Crippen LogP contribution in [0.5, 0.6) is 0 Å². The van der Waals surface area contributed by atoms with Crippen LogP contribution in [0.25, 0.3) is 0 Å². The first-order valence-electron chi connectivity index (χ1n) is 8.46. The van der Waals surface area contributed by atoms with Crippen molar-refractivity contribution in [1.82, 2.24) is 5.01 Å². The lowest BCUT2D eigenvalue weighted by molar-refractivity contribution is -0.141. The molecule has 0 fully saturated rings. The number of carboxylic acid groups (broad SMARTS) is 1. The zero-order valence-corrected chi connectivity index (χ0v) is 16.7. The van der Waals surface area contributed by atoms with E-state index in [-0.39, 0.29) is 24.8 Å². The van der Waals surface area contributed by atoms with Crippen molar-refractivity contribution >= 4 is 44.6 Å². The molecule has 1 amide bonds. The molecule has 0 bridgehead atoms. The molecule has 2 aromatic rings. The first-order valence-corrected chi connectivity index (χ1v) is 11.2. The zero-order valence-electron chi connectivity index (χ0n) is 15.0. The molecule has 0 aliphatic carbocycles. The lowest BCUT2D eigenvalue weighted by Crippen LogP contribution is -2.26. The van der Waals surface area contributed by atoms with Crippen molar-refractivity contribution in [3.05, 3.63) is 52.2 Å². The summed E-state index contributed by atoms with van der Waals surface area (Å²) in [5, 5.41) is 16.5. The number of nitrogens with zero attached hydrogens (tertiary/aromatic N) is 2. The highest BCUT2D eigenvalue weighted by Crippen LogP contribution is 2.37. The Kier molecular flexibility index (Phi) is 5.80. The van der Waals surface area contributed by atoms with Gasteiger partial charge in [-0.3, -0.25) is 14.3 Å². The lowest BCUT2D eigenvalue weighted by Gasteiger charge is -2.20. The van der Waals surface area contributed by atoms with Crippen molar-refractivity contribution in [2.45, 2.75) is 25.3 Å². The van der Waals surface area contributed by atoms with Gasteiger partial charge in [0.2, 0.25) is 15.9 Å². The van der Waals surface area contributed by atoms with E-state index >= 15 is 0 Å². The number of benzene rings is 1. The van der Waals surface area contributed by atoms with E-state index in [2.05, 4.69) is 9.82 Å². The van der Waals surface area contributed by atoms with Crippen molar-refractivity contribution in [3.63, 3.8) is 0 Å². The first kappa shape index (κ1) is 20.0. The molecule has 1 aromatic heterocycles. The van der Waals surface area contributed by atoms with Gasteiger partial charge in [0.05, 0.1) is 30.1 Å². The number of hydrogen-bond donors (Lipinski definition) is 2. The maximum absolute atomic E-state index is 12.6. The molecule has 3 rings (SSSR count). The molecular weight excluding hydrogens is 402 g/mol. The van der Waals surface area contributed by atoms with Crippen LogP contribution in [-0.4, -0.2) is 42.4 Å². The van der Waals surface area contributed by atoms with Crippen LogP contribution < -0.4 is 4.72 Å². The number of carbonyl (C=O) groups excluding carboxylic acids is 1. The molecule has 8 nitrogen and oxygen atoms in total. The number of hydrogen-bond acceptors (Lipinski definition) is 6. The molecule has 1 aliphatic heterocycles. The van der Waals surface area contributed by atoms with Gasteiger partial charge in [0.15, 0.2) is 0 Å². The van der Waals surface area contributed by atoms with Crippen molar-refractivity contribution in [1.29, 1.82) is 0 Å². The summed E-state index contributed by atoms with van der Waals surface area (Å²) >= 11 is 1.48. The van der Waals surface area contributed by atoms with Gasteiger partial charge >= 0.3 is 5.97 Å². The molecule has 1 aromatic carbocycles. The van der Waals surface area contributed by atoms with Crippen LogP contribution in [0.2, 0.25) is 0 Å². The topological polar surface area (TPSA) is 116 Å². The summed E-state index contributed by atoms with van der Waals surface area (Å²) < 4.78 is 25.8. The number of sulfonamides is 1. The number of carboxylic acids is 1. The average molecular weight is 422 g/mol. The highest BCUT2D eigenvalue weighted by Gasteiger charge is 2.34. The zero-order chi connectivity index (χ0) is 20.3. The molecule has 0 radical (unpaired) electrons. The average Bonchev–Trinajstić information content (AvgIpc) is 3.28. The maximum Gasteiger partial charge on any atom is 0.303 e. The molecule has 0 saturated carbocycles. The van der Waals surface area contributed by atoms with Gasteiger partial charge < -0.3 is 5.11 Å². The van der Waals surface area contributed by atoms with Crippen LogP contribution >= 0.6 is 11.3 Å². The number of rotatable bonds is 7. The summed E-state index contributed by atoms with van der Waals surface area (Å²) in [4.78, 5) is 24.3. The second kappa shape index (κ2) is 8.11. The van der Waals surface area contributed by atoms with Gasteiger partial charge in [0.1, 0.15) is 0 Å². The SMILES string of the molecule is CS(=O)(=O)Nc1ccccc1C1=NN(C(=O)CCC(=O)O)[C@H](c2cccs2)C1. The van der Waals surface area contributed by atoms with Crippen LogP contribution in [0.3, 0.4) is 0 Å². The standard InChI is InChI=1S/C18H19N3O5S2/c1-28(25,26)20-13-6-3-2-5-12(13)14-11-15(16-7-4-10-27-16)21(19-14)17(22)8-9-18(23)24/h2-7,10,15,20H,8-9,11H2,1H3,(H,23,24)/t15-/m0/s1. The third-order valence-electron chi connectivity index (χ3n) is 4.12. The minimum atomic E-state index is -3.48. The van der Waals surface area contributed by atoms with Crippen molar-refractivity contribution in [2.75, 3.05) is 11.0 Å². The Hall–Kier alpha value is -2.72. The minimum Gasteiger partial charge on any atom is -0.481 e. The number of anilines is 1. The van der Waals surface area contributed by atoms with Crippen LogP contribution in [0.4, 0.5) is 5.69 Å². The summed E-state index contributed by atoms with van der Waals surface area (Å²) in [5.74, 6) is -1.43. The second-order valence-electron chi connectivity index (χ2n) is 6.33. The summed E-state index contributed by atoms with van der Waals surface area (Å²) in [6.45, 7) is 0. The fourth-order valence-corrected chi connectivity index (χ4v) is 4.35. The van der Waals surface area contributed by atoms with E-state index in [1.165, 1.54) is 16.3 Å². The van der Waals surface area contributed by atoms with Crippen LogP contribution in [-0.2, 0) is 19.6 Å². The van der Waals surface area contributed by atoms with E-state index in [0.717, 1.165) is 11.1 Å². The Morgan fingerprint density at radius 3 is 2.64 bits per heavy atom. The van der Waals surface area contributed by atoms with Crippen LogP contribution in [0, 0.1) is 0 Å². The third kappa shape index (κ3) is 4.76. The van der Waals surface area contributed by atoms with Gasteiger partial charge in [0, 0.05) is 23.3 Å². The Balaban J connectivity index is 1.95. The van der Waals surface area contributed by atoms with E-state index in [1.807, 2.05) is 17.5 Å². The predicted octanol–water partition coefficient (Wildman–Crippen LogP) is 2.66. The Morgan fingerprint density at radius 1 is 1.25 bits per heavy atom. The normalized spacial score (nSPS) is 16.7. The number of thiophene rings is 1. The van der Waals surface area contributed by atoms with E-state index in [1.54, 1.807) is 24.3 Å². The number of aliphatic carboxylic acids is 1. The molecule has 0 spiro atoms. The summed E-state index contributed by atoms with van der Waals surface area (Å²) in [5.41, 5.74) is 1.53. The number of nitrogens with one attached hydrogen (secondary N) is 1. The summed E-state index contributed by atoms with van der Waals surface area (Å²) in [6.07, 6.45) is 1.04. The quantitative estimate of drug-likeness (QED) is 0.713. The van der Waals surface area contributed by atoms with Crippen LogP contribution in [0.1, 0.15) is 35.7 Å². The summed E-state index contributed by atoms with van der Waals surface area (Å²) in [6, 6.07) is 10.3. The second-order valence-corrected chi connectivity index (χ2v) is 9.06. The predicted molar refractivity (Wildman–Crippen MR) is 107 cm³/mol. The fraction of sp³-hybridized carbons (Fsp3) is 0.278. The van der Waals surface area contributed by atoms with Gasteiger partial charge in [-0.25, -0.2) is 13.4 Å². The highest BCUT2D eigenvalue weighted by atomic mass is 32.2. The monoisotopic (exact) mass is 421 g/mol. The molecule has 0 unspecified atom stereocenters. The molecule has 148 valence electrons. The minimum absolute atomic E-state index is 0.156. The molecule has 10 heteroatoms. The smallest absolute Gasteiger partial charge is 0.303 e. The van der Waals surface area contributed by atoms with Gasteiger partial charge in [-0.15, -0.1) is 11.3 Å². The maximum atomic E-state index is 12.6. The fourth-order valence-electron chi connectivity index (χ4n) is 2.96. The van der Waals surface area contributed by atoms with Crippen molar-refractivity contribution in [3.8, 4) is 0 Å². The molecule has 2 heterocycles. The molecule has 2 N–H and O–H groups in total. The third-order valence-corrected chi connectivity index (χ3v) is 5.69. The number of hydrazone groups is 1. The summed E-state index contributed by atoms with van der Waals surface area (Å²) in [7, 11) is -3.48. The molecule has 0 saturated heterocycles.